The Hall–Kier alpha value is -0.820. The number of nitrogens with one attached hydrogen (secondary N) is 2. The van der Waals surface area contributed by atoms with Crippen molar-refractivity contribution in [2.45, 2.75) is 12.6 Å². The summed E-state index contributed by atoms with van der Waals surface area (Å²) < 4.78 is 35.8. The lowest BCUT2D eigenvalue weighted by Gasteiger charge is -2.33. The van der Waals surface area contributed by atoms with Crippen LogP contribution in [-0.2, 0) is 4.79 Å². The van der Waals surface area contributed by atoms with Crippen LogP contribution in [0.15, 0.2) is 0 Å². The molecule has 18 heavy (non-hydrogen) atoms. The van der Waals surface area contributed by atoms with Crippen LogP contribution in [0.1, 0.15) is 6.42 Å². The highest BCUT2D eigenvalue weighted by Crippen LogP contribution is 2.26. The van der Waals surface area contributed by atoms with Crippen molar-refractivity contribution in [1.82, 2.24) is 15.5 Å². The fraction of sp³-hybridized carbons (Fsp3) is 0.909. The van der Waals surface area contributed by atoms with Gasteiger partial charge >= 0.3 is 6.18 Å². The van der Waals surface area contributed by atoms with Gasteiger partial charge in [-0.1, -0.05) is 0 Å². The van der Waals surface area contributed by atoms with Crippen LogP contribution in [-0.4, -0.2) is 56.3 Å². The number of halogens is 3. The smallest absolute Gasteiger partial charge is 0.346 e. The first-order valence-electron chi connectivity index (χ1n) is 6.20. The van der Waals surface area contributed by atoms with Crippen molar-refractivity contribution >= 4 is 5.91 Å². The topological polar surface area (TPSA) is 44.4 Å². The second-order valence-electron chi connectivity index (χ2n) is 5.09. The number of likely N-dealkylation sites (tertiary alicyclic amines) is 1. The molecule has 2 fully saturated rings. The van der Waals surface area contributed by atoms with Crippen molar-refractivity contribution < 1.29 is 18.0 Å². The van der Waals surface area contributed by atoms with Gasteiger partial charge in [0, 0.05) is 6.54 Å². The van der Waals surface area contributed by atoms with Crippen LogP contribution in [0.2, 0.25) is 0 Å². The van der Waals surface area contributed by atoms with E-state index in [1.807, 2.05) is 10.2 Å². The van der Waals surface area contributed by atoms with Gasteiger partial charge in [0.1, 0.15) is 6.54 Å². The average Bonchev–Trinajstić information content (AvgIpc) is 2.72. The first-order chi connectivity index (χ1) is 8.44. The normalized spacial score (nSPS) is 29.1. The molecule has 2 aliphatic rings. The SMILES string of the molecule is O=C(CN1CCC2CNCC2C1)NCC(F)(F)F. The summed E-state index contributed by atoms with van der Waals surface area (Å²) in [5, 5.41) is 5.22. The molecule has 2 aliphatic heterocycles. The molecule has 2 unspecified atom stereocenters. The molecule has 1 amide bonds. The standard InChI is InChI=1S/C11H18F3N3O/c12-11(13,14)7-16-10(18)6-17-2-1-8-3-15-4-9(8)5-17/h8-9,15H,1-7H2,(H,16,18). The lowest BCUT2D eigenvalue weighted by molar-refractivity contribution is -0.139. The zero-order chi connectivity index (χ0) is 13.2. The third-order valence-corrected chi connectivity index (χ3v) is 3.64. The molecule has 0 spiro atoms. The van der Waals surface area contributed by atoms with Gasteiger partial charge in [-0.3, -0.25) is 9.69 Å². The summed E-state index contributed by atoms with van der Waals surface area (Å²) in [5.41, 5.74) is 0. The van der Waals surface area contributed by atoms with Crippen LogP contribution in [0.4, 0.5) is 13.2 Å². The lowest BCUT2D eigenvalue weighted by Crippen LogP contribution is -2.46. The highest BCUT2D eigenvalue weighted by Gasteiger charge is 2.33. The molecule has 0 aromatic rings. The highest BCUT2D eigenvalue weighted by molar-refractivity contribution is 5.78. The Balaban J connectivity index is 1.71. The molecule has 0 aliphatic carbocycles. The van der Waals surface area contributed by atoms with E-state index in [1.54, 1.807) is 0 Å². The number of carbonyl (C=O) groups excluding carboxylic acids is 1. The number of nitrogens with zero attached hydrogens (tertiary/aromatic N) is 1. The zero-order valence-corrected chi connectivity index (χ0v) is 10.1. The fourth-order valence-corrected chi connectivity index (χ4v) is 2.71. The number of rotatable bonds is 3. The van der Waals surface area contributed by atoms with Gasteiger partial charge < -0.3 is 10.6 Å². The largest absolute Gasteiger partial charge is 0.405 e. The first-order valence-corrected chi connectivity index (χ1v) is 6.20. The third-order valence-electron chi connectivity index (χ3n) is 3.64. The van der Waals surface area contributed by atoms with E-state index < -0.39 is 18.6 Å². The van der Waals surface area contributed by atoms with Crippen molar-refractivity contribution in [3.63, 3.8) is 0 Å². The molecule has 2 heterocycles. The van der Waals surface area contributed by atoms with Crippen molar-refractivity contribution in [3.05, 3.63) is 0 Å². The van der Waals surface area contributed by atoms with Gasteiger partial charge in [0.2, 0.25) is 5.91 Å². The van der Waals surface area contributed by atoms with Gasteiger partial charge in [-0.15, -0.1) is 0 Å². The number of piperidine rings is 1. The fourth-order valence-electron chi connectivity index (χ4n) is 2.71. The van der Waals surface area contributed by atoms with Crippen LogP contribution in [0.25, 0.3) is 0 Å². The van der Waals surface area contributed by atoms with Crippen molar-refractivity contribution in [2.24, 2.45) is 11.8 Å². The Labute approximate surface area is 104 Å². The zero-order valence-electron chi connectivity index (χ0n) is 10.1. The Morgan fingerprint density at radius 3 is 2.78 bits per heavy atom. The minimum atomic E-state index is -4.34. The number of hydrogen-bond donors (Lipinski definition) is 2. The van der Waals surface area contributed by atoms with E-state index in [9.17, 15) is 18.0 Å². The number of alkyl halides is 3. The maximum Gasteiger partial charge on any atom is 0.405 e. The number of amides is 1. The van der Waals surface area contributed by atoms with Crippen LogP contribution < -0.4 is 10.6 Å². The second kappa shape index (κ2) is 5.44. The molecular weight excluding hydrogens is 247 g/mol. The minimum absolute atomic E-state index is 0.0687. The van der Waals surface area contributed by atoms with Gasteiger partial charge in [-0.25, -0.2) is 0 Å². The number of carbonyl (C=O) groups is 1. The second-order valence-corrected chi connectivity index (χ2v) is 5.09. The van der Waals surface area contributed by atoms with Crippen LogP contribution >= 0.6 is 0 Å². The summed E-state index contributed by atoms with van der Waals surface area (Å²) in [6.07, 6.45) is -3.32. The maximum absolute atomic E-state index is 11.9. The summed E-state index contributed by atoms with van der Waals surface area (Å²) in [7, 11) is 0. The molecule has 0 radical (unpaired) electrons. The van der Waals surface area contributed by atoms with E-state index >= 15 is 0 Å². The van der Waals surface area contributed by atoms with Gasteiger partial charge in [0.25, 0.3) is 0 Å². The molecule has 4 nitrogen and oxygen atoms in total. The summed E-state index contributed by atoms with van der Waals surface area (Å²) >= 11 is 0. The quantitative estimate of drug-likeness (QED) is 0.766. The monoisotopic (exact) mass is 265 g/mol. The molecule has 2 N–H and O–H groups in total. The van der Waals surface area contributed by atoms with E-state index in [-0.39, 0.29) is 6.54 Å². The van der Waals surface area contributed by atoms with Gasteiger partial charge in [-0.05, 0) is 37.9 Å². The molecule has 2 atom stereocenters. The molecule has 104 valence electrons. The number of fused-ring (bicyclic) bond motifs is 1. The molecule has 7 heteroatoms. The lowest BCUT2D eigenvalue weighted by atomic mass is 9.89. The van der Waals surface area contributed by atoms with E-state index in [2.05, 4.69) is 5.32 Å². The molecule has 0 saturated carbocycles. The van der Waals surface area contributed by atoms with E-state index in [0.29, 0.717) is 11.8 Å². The minimum Gasteiger partial charge on any atom is -0.346 e. The summed E-state index contributed by atoms with van der Waals surface area (Å²) in [6, 6.07) is 0. The average molecular weight is 265 g/mol. The predicted molar refractivity (Wildman–Crippen MR) is 60.0 cm³/mol. The summed E-state index contributed by atoms with van der Waals surface area (Å²) in [5.74, 6) is 0.658. The Bertz CT molecular complexity index is 308. The highest BCUT2D eigenvalue weighted by atomic mass is 19.4. The Morgan fingerprint density at radius 2 is 2.06 bits per heavy atom. The van der Waals surface area contributed by atoms with Gasteiger partial charge in [-0.2, -0.15) is 13.2 Å². The molecule has 2 rings (SSSR count). The van der Waals surface area contributed by atoms with Crippen molar-refractivity contribution in [3.8, 4) is 0 Å². The molecular formula is C11H18F3N3O. The first kappa shape index (κ1) is 13.6. The van der Waals surface area contributed by atoms with E-state index in [0.717, 1.165) is 32.6 Å². The van der Waals surface area contributed by atoms with Crippen LogP contribution in [0.5, 0.6) is 0 Å². The molecule has 0 bridgehead atoms. The molecule has 2 saturated heterocycles. The van der Waals surface area contributed by atoms with E-state index in [4.69, 9.17) is 0 Å². The van der Waals surface area contributed by atoms with E-state index in [1.165, 1.54) is 0 Å². The van der Waals surface area contributed by atoms with Gasteiger partial charge in [0.15, 0.2) is 0 Å². The van der Waals surface area contributed by atoms with Crippen LogP contribution in [0.3, 0.4) is 0 Å². The third kappa shape index (κ3) is 3.84. The van der Waals surface area contributed by atoms with Crippen molar-refractivity contribution in [1.29, 1.82) is 0 Å². The summed E-state index contributed by atoms with van der Waals surface area (Å²) in [6.45, 7) is 2.40. The van der Waals surface area contributed by atoms with Gasteiger partial charge in [0.05, 0.1) is 6.54 Å². The Morgan fingerprint density at radius 1 is 1.33 bits per heavy atom. The molecule has 0 aromatic carbocycles. The number of hydrogen-bond acceptors (Lipinski definition) is 3. The molecule has 0 aromatic heterocycles. The van der Waals surface area contributed by atoms with Crippen molar-refractivity contribution in [2.75, 3.05) is 39.3 Å². The van der Waals surface area contributed by atoms with Crippen LogP contribution in [0, 0.1) is 11.8 Å². The summed E-state index contributed by atoms with van der Waals surface area (Å²) in [4.78, 5) is 13.3. The predicted octanol–water partition coefficient (Wildman–Crippen LogP) is 0.206. The Kier molecular flexibility index (Phi) is 4.11. The maximum atomic E-state index is 11.9.